The fourth-order valence-corrected chi connectivity index (χ4v) is 7.58. The van der Waals surface area contributed by atoms with Gasteiger partial charge >= 0.3 is 61.6 Å². The van der Waals surface area contributed by atoms with Gasteiger partial charge in [0.2, 0.25) is 0 Å². The SMILES string of the molecule is CCCCCCCCCCCOC(=O)c1ccccc1C(=O)OCC(CC)S(=O)(=O)[O-].CCCCCCCCCCCOC(=O)c1ccccc1C(=O)OCC(CC)S(=O)(=O)[O-].[Ca+2]. The minimum absolute atomic E-state index is 0. The summed E-state index contributed by atoms with van der Waals surface area (Å²) in [5.74, 6) is -2.98. The second-order valence-electron chi connectivity index (χ2n) is 15.3. The van der Waals surface area contributed by atoms with Gasteiger partial charge in [-0.25, -0.2) is 36.0 Å². The number of ether oxygens (including phenoxy) is 4. The smallest absolute Gasteiger partial charge is 0.748 e. The van der Waals surface area contributed by atoms with Crippen molar-refractivity contribution in [2.75, 3.05) is 26.4 Å². The number of hydrogen-bond donors (Lipinski definition) is 0. The molecule has 0 amide bonds. The molecule has 0 N–H and O–H groups in total. The van der Waals surface area contributed by atoms with E-state index in [1.54, 1.807) is 24.3 Å². The summed E-state index contributed by atoms with van der Waals surface area (Å²) in [5.41, 5.74) is 0.0818. The molecule has 0 saturated carbocycles. The van der Waals surface area contributed by atoms with Gasteiger partial charge in [0.25, 0.3) is 0 Å². The zero-order valence-corrected chi connectivity index (χ0v) is 41.8. The molecule has 2 aromatic carbocycles. The number of esters is 4. The molecule has 2 rings (SSSR count). The molecule has 352 valence electrons. The zero-order valence-electron chi connectivity index (χ0n) is 38.0. The molecule has 0 aliphatic rings. The summed E-state index contributed by atoms with van der Waals surface area (Å²) in [7, 11) is -9.13. The summed E-state index contributed by atoms with van der Waals surface area (Å²) >= 11 is 0. The Labute approximate surface area is 406 Å². The third-order valence-electron chi connectivity index (χ3n) is 10.2. The van der Waals surface area contributed by atoms with Gasteiger partial charge in [-0.2, -0.15) is 0 Å². The van der Waals surface area contributed by atoms with E-state index in [9.17, 15) is 45.1 Å². The van der Waals surface area contributed by atoms with E-state index in [-0.39, 0.29) is 86.0 Å². The Balaban J connectivity index is 0.00000120. The van der Waals surface area contributed by atoms with Gasteiger partial charge in [-0.15, -0.1) is 0 Å². The molecule has 17 heteroatoms. The summed E-state index contributed by atoms with van der Waals surface area (Å²) < 4.78 is 87.4. The zero-order chi connectivity index (χ0) is 46.2. The first-order chi connectivity index (χ1) is 29.6. The van der Waals surface area contributed by atoms with E-state index in [0.717, 1.165) is 38.5 Å². The van der Waals surface area contributed by atoms with Crippen LogP contribution < -0.4 is 0 Å². The molecular weight excluding hydrogens is 881 g/mol. The van der Waals surface area contributed by atoms with Crippen molar-refractivity contribution >= 4 is 81.9 Å². The number of hydrogen-bond acceptors (Lipinski definition) is 14. The van der Waals surface area contributed by atoms with E-state index in [4.69, 9.17) is 18.9 Å². The van der Waals surface area contributed by atoms with Crippen LogP contribution >= 0.6 is 0 Å². The Bertz CT molecular complexity index is 1690. The normalized spacial score (nSPS) is 12.2. The Hall–Kier alpha value is -2.60. The molecule has 0 aliphatic carbocycles. The van der Waals surface area contributed by atoms with Gasteiger partial charge in [0.05, 0.1) is 46.0 Å². The predicted molar refractivity (Wildman–Crippen MR) is 242 cm³/mol. The minimum atomic E-state index is -4.57. The Morgan fingerprint density at radius 1 is 0.429 bits per heavy atom. The van der Waals surface area contributed by atoms with Crippen LogP contribution in [-0.2, 0) is 39.2 Å². The van der Waals surface area contributed by atoms with Crippen molar-refractivity contribution in [2.45, 2.75) is 167 Å². The van der Waals surface area contributed by atoms with Crippen LogP contribution in [0.2, 0.25) is 0 Å². The maximum Gasteiger partial charge on any atom is 2.00 e. The summed E-state index contributed by atoms with van der Waals surface area (Å²) in [4.78, 5) is 49.4. The van der Waals surface area contributed by atoms with E-state index in [1.807, 2.05) is 0 Å². The topological polar surface area (TPSA) is 220 Å². The van der Waals surface area contributed by atoms with Crippen LogP contribution in [-0.4, -0.2) is 124 Å². The molecule has 0 fully saturated rings. The van der Waals surface area contributed by atoms with E-state index >= 15 is 0 Å². The van der Waals surface area contributed by atoms with Crippen molar-refractivity contribution in [3.05, 3.63) is 70.8 Å². The first-order valence-electron chi connectivity index (χ1n) is 22.4. The van der Waals surface area contributed by atoms with Gasteiger partial charge in [0, 0.05) is 0 Å². The van der Waals surface area contributed by atoms with Crippen molar-refractivity contribution < 1.29 is 64.1 Å². The van der Waals surface area contributed by atoms with Crippen molar-refractivity contribution in [3.63, 3.8) is 0 Å². The molecule has 63 heavy (non-hydrogen) atoms. The van der Waals surface area contributed by atoms with Crippen molar-refractivity contribution in [1.29, 1.82) is 0 Å². The average Bonchev–Trinajstić information content (AvgIpc) is 3.24. The molecule has 0 radical (unpaired) electrons. The third-order valence-corrected chi connectivity index (χ3v) is 12.8. The first kappa shape index (κ1) is 60.4. The van der Waals surface area contributed by atoms with Crippen LogP contribution in [0.3, 0.4) is 0 Å². The second-order valence-corrected chi connectivity index (χ2v) is 18.6. The Morgan fingerprint density at radius 3 is 0.905 bits per heavy atom. The average molecular weight is 951 g/mol. The molecule has 14 nitrogen and oxygen atoms in total. The fourth-order valence-electron chi connectivity index (χ4n) is 6.29. The minimum Gasteiger partial charge on any atom is -0.748 e. The van der Waals surface area contributed by atoms with Gasteiger partial charge < -0.3 is 28.1 Å². The largest absolute Gasteiger partial charge is 2.00 e. The molecule has 0 bridgehead atoms. The first-order valence-corrected chi connectivity index (χ1v) is 25.3. The van der Waals surface area contributed by atoms with Crippen molar-refractivity contribution in [1.82, 2.24) is 0 Å². The second kappa shape index (κ2) is 35.6. The van der Waals surface area contributed by atoms with E-state index in [2.05, 4.69) is 13.8 Å². The molecular formula is C46H70CaO14S2. The number of unbranched alkanes of at least 4 members (excludes halogenated alkanes) is 16. The number of benzene rings is 2. The summed E-state index contributed by atoms with van der Waals surface area (Å²) in [6.07, 6.45) is 20.8. The molecule has 2 aromatic rings. The summed E-state index contributed by atoms with van der Waals surface area (Å²) in [6, 6.07) is 12.1. The Morgan fingerprint density at radius 2 is 0.667 bits per heavy atom. The van der Waals surface area contributed by atoms with E-state index in [0.29, 0.717) is 0 Å². The molecule has 2 unspecified atom stereocenters. The summed E-state index contributed by atoms with van der Waals surface area (Å²) in [6.45, 7) is 6.87. The Kier molecular flexibility index (Phi) is 34.2. The summed E-state index contributed by atoms with van der Waals surface area (Å²) in [5, 5.41) is -2.63. The fraction of sp³-hybridized carbons (Fsp3) is 0.652. The van der Waals surface area contributed by atoms with Crippen LogP contribution in [0, 0.1) is 0 Å². The van der Waals surface area contributed by atoms with E-state index in [1.165, 1.54) is 115 Å². The van der Waals surface area contributed by atoms with Crippen LogP contribution in [0.15, 0.2) is 48.5 Å². The third kappa shape index (κ3) is 26.8. The molecule has 0 aromatic heterocycles. The number of rotatable bonds is 32. The van der Waals surface area contributed by atoms with Gasteiger partial charge in [-0.05, 0) is 49.9 Å². The maximum atomic E-state index is 12.4. The molecule has 0 aliphatic heterocycles. The predicted octanol–water partition coefficient (Wildman–Crippen LogP) is 9.33. The van der Waals surface area contributed by atoms with E-state index < -0.39 is 67.8 Å². The molecule has 0 heterocycles. The van der Waals surface area contributed by atoms with Crippen LogP contribution in [0.25, 0.3) is 0 Å². The van der Waals surface area contributed by atoms with Gasteiger partial charge in [-0.1, -0.05) is 155 Å². The van der Waals surface area contributed by atoms with Crippen molar-refractivity contribution in [3.8, 4) is 0 Å². The molecule has 2 atom stereocenters. The van der Waals surface area contributed by atoms with Gasteiger partial charge in [-0.3, -0.25) is 0 Å². The van der Waals surface area contributed by atoms with Crippen LogP contribution in [0.4, 0.5) is 0 Å². The number of carbonyl (C=O) groups is 4. The molecule has 0 spiro atoms. The molecule has 0 saturated heterocycles. The van der Waals surface area contributed by atoms with Crippen LogP contribution in [0.5, 0.6) is 0 Å². The quantitative estimate of drug-likeness (QED) is 0.0219. The van der Waals surface area contributed by atoms with Crippen molar-refractivity contribution in [2.24, 2.45) is 0 Å². The number of carbonyl (C=O) groups excluding carboxylic acids is 4. The maximum absolute atomic E-state index is 12.4. The van der Waals surface area contributed by atoms with Gasteiger partial charge in [0.1, 0.15) is 33.5 Å². The monoisotopic (exact) mass is 950 g/mol. The van der Waals surface area contributed by atoms with Crippen LogP contribution in [0.1, 0.15) is 198 Å². The van der Waals surface area contributed by atoms with Gasteiger partial charge in [0.15, 0.2) is 0 Å². The standard InChI is InChI=1S/2C23H36O7S.Ca/c2*1-3-5-6-7-8-9-10-11-14-17-29-22(24)20-15-12-13-16-21(20)23(25)30-18-19(4-2)31(26,27)28;/h2*12-13,15-16,19H,3-11,14,17-18H2,1-2H3,(H,26,27,28);/q;;+2/p-2.